The van der Waals surface area contributed by atoms with Crippen molar-refractivity contribution < 1.29 is 22.6 Å². The number of methoxy groups -OCH3 is 2. The normalized spacial score (nSPS) is 10.7. The third kappa shape index (κ3) is 7.92. The van der Waals surface area contributed by atoms with Crippen LogP contribution in [-0.4, -0.2) is 52.0 Å². The highest BCUT2D eigenvalue weighted by molar-refractivity contribution is 7.92. The summed E-state index contributed by atoms with van der Waals surface area (Å²) in [5.41, 5.74) is 6.73. The van der Waals surface area contributed by atoms with Crippen LogP contribution in [0.25, 0.3) is 0 Å². The SMILES string of the molecule is COc1ccc(Nc2nc(Nc3cc(OCCN)ccc3OC)ncc2Cl)c(NS(C)(=O)=O)c1.Cl. The summed E-state index contributed by atoms with van der Waals surface area (Å²) < 4.78 is 42.2. The molecule has 0 bridgehead atoms. The first-order valence-corrected chi connectivity index (χ1v) is 12.2. The Hall–Kier alpha value is -3.19. The zero-order chi connectivity index (χ0) is 24.7. The summed E-state index contributed by atoms with van der Waals surface area (Å²) in [5, 5.41) is 6.33. The van der Waals surface area contributed by atoms with Crippen LogP contribution in [0, 0.1) is 0 Å². The molecule has 0 aliphatic rings. The summed E-state index contributed by atoms with van der Waals surface area (Å²) in [5.74, 6) is 2.07. The van der Waals surface area contributed by atoms with E-state index in [4.69, 9.17) is 31.5 Å². The molecule has 11 nitrogen and oxygen atoms in total. The first-order chi connectivity index (χ1) is 16.2. The molecule has 0 spiro atoms. The fourth-order valence-corrected chi connectivity index (χ4v) is 3.56. The van der Waals surface area contributed by atoms with Gasteiger partial charge in [0.15, 0.2) is 5.82 Å². The minimum atomic E-state index is -3.55. The molecule has 0 radical (unpaired) electrons. The number of aromatic nitrogens is 2. The topological polar surface area (TPSA) is 150 Å². The minimum Gasteiger partial charge on any atom is -0.497 e. The van der Waals surface area contributed by atoms with Crippen molar-refractivity contribution in [1.29, 1.82) is 0 Å². The van der Waals surface area contributed by atoms with Gasteiger partial charge in [0.2, 0.25) is 16.0 Å². The van der Waals surface area contributed by atoms with Gasteiger partial charge in [-0.05, 0) is 24.3 Å². The lowest BCUT2D eigenvalue weighted by atomic mass is 10.2. The lowest BCUT2D eigenvalue weighted by molar-refractivity contribution is 0.327. The Kier molecular flexibility index (Phi) is 10.0. The number of nitrogens with zero attached hydrogens (tertiary/aromatic N) is 2. The molecule has 3 rings (SSSR count). The Morgan fingerprint density at radius 3 is 2.37 bits per heavy atom. The molecule has 14 heteroatoms. The standard InChI is InChI=1S/C21H25ClN6O5S.ClH/c1-31-13-4-6-16(17(10-13)28-34(3,29)30)25-20-15(22)12-24-21(27-20)26-18-11-14(33-9-8-23)5-7-19(18)32-2;/h4-7,10-12,28H,8-9,23H2,1-3H3,(H2,24,25,26,27);1H. The first kappa shape index (κ1) is 28.1. The average Bonchev–Trinajstić information content (AvgIpc) is 2.80. The Bertz CT molecular complexity index is 1260. The van der Waals surface area contributed by atoms with Crippen molar-refractivity contribution in [3.05, 3.63) is 47.6 Å². The molecule has 0 atom stereocenters. The second kappa shape index (κ2) is 12.5. The fraction of sp³-hybridized carbons (Fsp3) is 0.238. The van der Waals surface area contributed by atoms with Crippen molar-refractivity contribution in [2.45, 2.75) is 0 Å². The van der Waals surface area contributed by atoms with E-state index >= 15 is 0 Å². The molecule has 0 saturated heterocycles. The molecule has 2 aromatic carbocycles. The Labute approximate surface area is 214 Å². The Morgan fingerprint density at radius 1 is 1.00 bits per heavy atom. The molecule has 0 aliphatic heterocycles. The number of anilines is 5. The van der Waals surface area contributed by atoms with Crippen LogP contribution in [-0.2, 0) is 10.0 Å². The van der Waals surface area contributed by atoms with Gasteiger partial charge < -0.3 is 30.6 Å². The Balaban J connectivity index is 0.00000432. The lowest BCUT2D eigenvalue weighted by Gasteiger charge is -2.16. The van der Waals surface area contributed by atoms with Gasteiger partial charge in [-0.2, -0.15) is 4.98 Å². The second-order valence-corrected chi connectivity index (χ2v) is 9.08. The summed E-state index contributed by atoms with van der Waals surface area (Å²) >= 11 is 6.30. The van der Waals surface area contributed by atoms with Crippen LogP contribution < -0.4 is 35.3 Å². The molecule has 35 heavy (non-hydrogen) atoms. The third-order valence-electron chi connectivity index (χ3n) is 4.32. The van der Waals surface area contributed by atoms with Crippen LogP contribution in [0.3, 0.4) is 0 Å². The smallest absolute Gasteiger partial charge is 0.229 e. The van der Waals surface area contributed by atoms with Gasteiger partial charge in [0.05, 0.1) is 43.7 Å². The highest BCUT2D eigenvalue weighted by atomic mass is 35.5. The van der Waals surface area contributed by atoms with Crippen molar-refractivity contribution in [1.82, 2.24) is 9.97 Å². The summed E-state index contributed by atoms with van der Waals surface area (Å²) in [6.07, 6.45) is 2.46. The lowest BCUT2D eigenvalue weighted by Crippen LogP contribution is -2.12. The maximum atomic E-state index is 11.8. The van der Waals surface area contributed by atoms with Crippen molar-refractivity contribution in [3.63, 3.8) is 0 Å². The number of nitrogens with one attached hydrogen (secondary N) is 3. The van der Waals surface area contributed by atoms with E-state index in [1.807, 2.05) is 0 Å². The monoisotopic (exact) mass is 544 g/mol. The number of rotatable bonds is 11. The van der Waals surface area contributed by atoms with Crippen molar-refractivity contribution in [2.24, 2.45) is 5.73 Å². The molecule has 0 unspecified atom stereocenters. The van der Waals surface area contributed by atoms with Crippen molar-refractivity contribution in [3.8, 4) is 17.2 Å². The molecule has 0 amide bonds. The summed E-state index contributed by atoms with van der Waals surface area (Å²) in [6.45, 7) is 0.745. The number of nitrogens with two attached hydrogens (primary N) is 1. The molecule has 1 aromatic heterocycles. The van der Waals surface area contributed by atoms with Gasteiger partial charge >= 0.3 is 0 Å². The van der Waals surface area contributed by atoms with Gasteiger partial charge in [-0.3, -0.25) is 4.72 Å². The number of hydrogen-bond acceptors (Lipinski definition) is 10. The average molecular weight is 545 g/mol. The maximum Gasteiger partial charge on any atom is 0.229 e. The number of halogens is 2. The molecule has 3 aromatic rings. The second-order valence-electron chi connectivity index (χ2n) is 6.93. The van der Waals surface area contributed by atoms with Crippen LogP contribution in [0.4, 0.5) is 28.8 Å². The molecule has 0 fully saturated rings. The van der Waals surface area contributed by atoms with Crippen molar-refractivity contribution >= 4 is 62.9 Å². The highest BCUT2D eigenvalue weighted by Crippen LogP contribution is 2.34. The zero-order valence-corrected chi connectivity index (χ0v) is 21.6. The molecule has 1 heterocycles. The van der Waals surface area contributed by atoms with Crippen molar-refractivity contribution in [2.75, 3.05) is 49.0 Å². The van der Waals surface area contributed by atoms with Crippen LogP contribution in [0.15, 0.2) is 42.6 Å². The zero-order valence-electron chi connectivity index (χ0n) is 19.2. The minimum absolute atomic E-state index is 0. The molecular formula is C21H26Cl2N6O5S. The van der Waals surface area contributed by atoms with E-state index in [1.54, 1.807) is 30.3 Å². The van der Waals surface area contributed by atoms with Gasteiger partial charge in [-0.15, -0.1) is 12.4 Å². The van der Waals surface area contributed by atoms with E-state index in [2.05, 4.69) is 25.3 Å². The quantitative estimate of drug-likeness (QED) is 0.281. The number of hydrogen-bond donors (Lipinski definition) is 4. The van der Waals surface area contributed by atoms with E-state index in [-0.39, 0.29) is 34.9 Å². The summed E-state index contributed by atoms with van der Waals surface area (Å²) in [4.78, 5) is 8.63. The molecular weight excluding hydrogens is 519 g/mol. The van der Waals surface area contributed by atoms with E-state index in [1.165, 1.54) is 26.5 Å². The Morgan fingerprint density at radius 2 is 1.71 bits per heavy atom. The summed E-state index contributed by atoms with van der Waals surface area (Å²) in [7, 11) is -0.531. The predicted molar refractivity (Wildman–Crippen MR) is 140 cm³/mol. The van der Waals surface area contributed by atoms with E-state index in [0.717, 1.165) is 6.26 Å². The largest absolute Gasteiger partial charge is 0.497 e. The molecule has 190 valence electrons. The maximum absolute atomic E-state index is 11.8. The molecule has 5 N–H and O–H groups in total. The van der Waals surface area contributed by atoms with Crippen LogP contribution in [0.2, 0.25) is 5.02 Å². The molecule has 0 aliphatic carbocycles. The van der Waals surface area contributed by atoms with Gasteiger partial charge in [-0.1, -0.05) is 11.6 Å². The number of ether oxygens (including phenoxy) is 3. The van der Waals surface area contributed by atoms with Gasteiger partial charge in [-0.25, -0.2) is 13.4 Å². The van der Waals surface area contributed by atoms with Gasteiger partial charge in [0, 0.05) is 18.7 Å². The predicted octanol–water partition coefficient (Wildman–Crippen LogP) is 3.77. The van der Waals surface area contributed by atoms with Crippen LogP contribution in [0.5, 0.6) is 17.2 Å². The number of benzene rings is 2. The van der Waals surface area contributed by atoms with E-state index in [9.17, 15) is 8.42 Å². The highest BCUT2D eigenvalue weighted by Gasteiger charge is 2.14. The third-order valence-corrected chi connectivity index (χ3v) is 5.19. The fourth-order valence-electron chi connectivity index (χ4n) is 2.86. The van der Waals surface area contributed by atoms with Crippen LogP contribution in [0.1, 0.15) is 0 Å². The molecule has 0 saturated carbocycles. The van der Waals surface area contributed by atoms with Gasteiger partial charge in [0.25, 0.3) is 0 Å². The van der Waals surface area contributed by atoms with E-state index < -0.39 is 10.0 Å². The summed E-state index contributed by atoms with van der Waals surface area (Å²) in [6, 6.07) is 10.1. The van der Waals surface area contributed by atoms with E-state index in [0.29, 0.717) is 41.8 Å². The first-order valence-electron chi connectivity index (χ1n) is 9.95. The number of sulfonamides is 1. The van der Waals surface area contributed by atoms with Gasteiger partial charge in [0.1, 0.15) is 28.9 Å². The van der Waals surface area contributed by atoms with Crippen LogP contribution >= 0.6 is 24.0 Å².